The van der Waals surface area contributed by atoms with Gasteiger partial charge in [0.25, 0.3) is 11.6 Å². The van der Waals surface area contributed by atoms with Crippen LogP contribution >= 0.6 is 0 Å². The molecule has 0 heterocycles. The number of ether oxygens (including phenoxy) is 1. The van der Waals surface area contributed by atoms with Gasteiger partial charge in [-0.15, -0.1) is 0 Å². The molecule has 2 rings (SSSR count). The number of nitrogens with one attached hydrogen (secondary N) is 1. The molecule has 0 unspecified atom stereocenters. The molecule has 1 N–H and O–H groups in total. The van der Waals surface area contributed by atoms with E-state index in [4.69, 9.17) is 4.74 Å². The van der Waals surface area contributed by atoms with E-state index in [0.717, 1.165) is 18.2 Å². The SMILES string of the molecule is CC(C)[C@H](NC(=O)c1c(F)cccc1F)C(=O)OCc1ccc([N+](=O)[O-])cc1. The smallest absolute Gasteiger partial charge is 0.329 e. The second-order valence-corrected chi connectivity index (χ2v) is 6.32. The molecule has 0 saturated heterocycles. The van der Waals surface area contributed by atoms with Crippen LogP contribution in [0.2, 0.25) is 0 Å². The Bertz CT molecular complexity index is 864. The number of nitrogens with zero attached hydrogens (tertiary/aromatic N) is 1. The molecule has 0 aliphatic heterocycles. The maximum atomic E-state index is 13.7. The van der Waals surface area contributed by atoms with Crippen molar-refractivity contribution in [3.05, 3.63) is 75.3 Å². The van der Waals surface area contributed by atoms with Crippen LogP contribution in [-0.4, -0.2) is 22.8 Å². The minimum absolute atomic E-state index is 0.102. The number of nitro groups is 1. The van der Waals surface area contributed by atoms with Gasteiger partial charge in [-0.1, -0.05) is 19.9 Å². The molecule has 0 spiro atoms. The quantitative estimate of drug-likeness (QED) is 0.443. The van der Waals surface area contributed by atoms with Crippen molar-refractivity contribution < 1.29 is 28.0 Å². The average Bonchev–Trinajstić information content (AvgIpc) is 2.64. The molecule has 1 amide bonds. The highest BCUT2D eigenvalue weighted by Gasteiger charge is 2.28. The molecule has 1 atom stereocenters. The van der Waals surface area contributed by atoms with Crippen molar-refractivity contribution in [2.24, 2.45) is 5.92 Å². The Morgan fingerprint density at radius 3 is 2.18 bits per heavy atom. The Hall–Kier alpha value is -3.36. The fourth-order valence-electron chi connectivity index (χ4n) is 2.38. The van der Waals surface area contributed by atoms with Gasteiger partial charge in [0.15, 0.2) is 0 Å². The summed E-state index contributed by atoms with van der Waals surface area (Å²) in [6.45, 7) is 3.09. The third-order valence-corrected chi connectivity index (χ3v) is 3.93. The predicted molar refractivity (Wildman–Crippen MR) is 95.3 cm³/mol. The van der Waals surface area contributed by atoms with E-state index < -0.39 is 46.0 Å². The topological polar surface area (TPSA) is 98.5 Å². The van der Waals surface area contributed by atoms with Crippen molar-refractivity contribution >= 4 is 17.6 Å². The van der Waals surface area contributed by atoms with Gasteiger partial charge in [-0.05, 0) is 35.7 Å². The molecule has 0 aliphatic rings. The summed E-state index contributed by atoms with van der Waals surface area (Å²) >= 11 is 0. The Labute approximate surface area is 159 Å². The summed E-state index contributed by atoms with van der Waals surface area (Å²) in [6.07, 6.45) is 0. The first kappa shape index (κ1) is 20.9. The van der Waals surface area contributed by atoms with Crippen molar-refractivity contribution in [1.82, 2.24) is 5.32 Å². The minimum atomic E-state index is -1.13. The first-order valence-corrected chi connectivity index (χ1v) is 8.35. The number of nitro benzene ring substituents is 1. The maximum absolute atomic E-state index is 13.7. The minimum Gasteiger partial charge on any atom is -0.459 e. The number of carbonyl (C=O) groups excluding carboxylic acids is 2. The third-order valence-electron chi connectivity index (χ3n) is 3.93. The lowest BCUT2D eigenvalue weighted by molar-refractivity contribution is -0.384. The Morgan fingerprint density at radius 2 is 1.68 bits per heavy atom. The van der Waals surface area contributed by atoms with E-state index in [0.29, 0.717) is 5.56 Å². The van der Waals surface area contributed by atoms with Crippen LogP contribution in [-0.2, 0) is 16.1 Å². The molecule has 0 aliphatic carbocycles. The van der Waals surface area contributed by atoms with Crippen molar-refractivity contribution in [1.29, 1.82) is 0 Å². The zero-order chi connectivity index (χ0) is 20.8. The monoisotopic (exact) mass is 392 g/mol. The molecule has 2 aromatic rings. The van der Waals surface area contributed by atoms with E-state index >= 15 is 0 Å². The van der Waals surface area contributed by atoms with E-state index in [1.807, 2.05) is 0 Å². The number of hydrogen-bond acceptors (Lipinski definition) is 5. The van der Waals surface area contributed by atoms with Crippen LogP contribution in [0.5, 0.6) is 0 Å². The highest BCUT2D eigenvalue weighted by atomic mass is 19.1. The van der Waals surface area contributed by atoms with Crippen molar-refractivity contribution in [3.63, 3.8) is 0 Å². The molecule has 0 saturated carbocycles. The fraction of sp³-hybridized carbons (Fsp3) is 0.263. The molecule has 0 radical (unpaired) electrons. The summed E-state index contributed by atoms with van der Waals surface area (Å²) in [4.78, 5) is 34.6. The van der Waals surface area contributed by atoms with Crippen LogP contribution in [0, 0.1) is 27.7 Å². The summed E-state index contributed by atoms with van der Waals surface area (Å²) in [6, 6.07) is 7.28. The van der Waals surface area contributed by atoms with Crippen LogP contribution in [0.3, 0.4) is 0 Å². The molecule has 2 aromatic carbocycles. The molecule has 7 nitrogen and oxygen atoms in total. The lowest BCUT2D eigenvalue weighted by Gasteiger charge is -2.21. The molecule has 0 fully saturated rings. The molecule has 148 valence electrons. The van der Waals surface area contributed by atoms with Crippen LogP contribution in [0.15, 0.2) is 42.5 Å². The van der Waals surface area contributed by atoms with Crippen molar-refractivity contribution in [3.8, 4) is 0 Å². The van der Waals surface area contributed by atoms with E-state index in [2.05, 4.69) is 5.32 Å². The first-order valence-electron chi connectivity index (χ1n) is 8.35. The second-order valence-electron chi connectivity index (χ2n) is 6.32. The summed E-state index contributed by atoms with van der Waals surface area (Å²) < 4.78 is 32.6. The number of hydrogen-bond donors (Lipinski definition) is 1. The number of benzene rings is 2. The number of halogens is 2. The fourth-order valence-corrected chi connectivity index (χ4v) is 2.38. The van der Waals surface area contributed by atoms with Gasteiger partial charge in [-0.25, -0.2) is 13.6 Å². The van der Waals surface area contributed by atoms with Gasteiger partial charge in [-0.3, -0.25) is 14.9 Å². The highest BCUT2D eigenvalue weighted by Crippen LogP contribution is 2.15. The van der Waals surface area contributed by atoms with Gasteiger partial charge in [0.2, 0.25) is 0 Å². The van der Waals surface area contributed by atoms with Gasteiger partial charge in [0.05, 0.1) is 4.92 Å². The van der Waals surface area contributed by atoms with Gasteiger partial charge >= 0.3 is 5.97 Å². The van der Waals surface area contributed by atoms with Crippen molar-refractivity contribution in [2.45, 2.75) is 26.5 Å². The number of amides is 1. The zero-order valence-corrected chi connectivity index (χ0v) is 15.1. The molecule has 9 heteroatoms. The first-order chi connectivity index (χ1) is 13.2. The number of carbonyl (C=O) groups is 2. The maximum Gasteiger partial charge on any atom is 0.329 e. The molecule has 28 heavy (non-hydrogen) atoms. The van der Waals surface area contributed by atoms with Crippen LogP contribution in [0.1, 0.15) is 29.8 Å². The second kappa shape index (κ2) is 9.03. The van der Waals surface area contributed by atoms with Gasteiger partial charge < -0.3 is 10.1 Å². The van der Waals surface area contributed by atoms with Gasteiger partial charge in [0.1, 0.15) is 29.8 Å². The van der Waals surface area contributed by atoms with E-state index in [1.165, 1.54) is 24.3 Å². The van der Waals surface area contributed by atoms with Gasteiger partial charge in [0, 0.05) is 12.1 Å². The van der Waals surface area contributed by atoms with Crippen molar-refractivity contribution in [2.75, 3.05) is 0 Å². The Kier molecular flexibility index (Phi) is 6.75. The molecular weight excluding hydrogens is 374 g/mol. The summed E-state index contributed by atoms with van der Waals surface area (Å²) in [5, 5.41) is 12.9. The predicted octanol–water partition coefficient (Wildman–Crippen LogP) is 3.37. The normalized spacial score (nSPS) is 11.8. The Balaban J connectivity index is 2.05. The summed E-state index contributed by atoms with van der Waals surface area (Å²) in [5.74, 6) is -4.36. The van der Waals surface area contributed by atoms with Crippen LogP contribution < -0.4 is 5.32 Å². The lowest BCUT2D eigenvalue weighted by atomic mass is 10.0. The van der Waals surface area contributed by atoms with Crippen LogP contribution in [0.4, 0.5) is 14.5 Å². The zero-order valence-electron chi connectivity index (χ0n) is 15.1. The number of esters is 1. The molecule has 0 aromatic heterocycles. The largest absolute Gasteiger partial charge is 0.459 e. The third kappa shape index (κ3) is 5.09. The van der Waals surface area contributed by atoms with E-state index in [9.17, 15) is 28.5 Å². The van der Waals surface area contributed by atoms with Crippen LogP contribution in [0.25, 0.3) is 0 Å². The van der Waals surface area contributed by atoms with Gasteiger partial charge in [-0.2, -0.15) is 0 Å². The standard InChI is InChI=1S/C19H18F2N2O5/c1-11(2)17(22-18(24)16-14(20)4-3-5-15(16)21)19(25)28-10-12-6-8-13(9-7-12)23(26)27/h3-9,11,17H,10H2,1-2H3,(H,22,24)/t17-/m0/s1. The molecule has 0 bridgehead atoms. The Morgan fingerprint density at radius 1 is 1.11 bits per heavy atom. The summed E-state index contributed by atoms with van der Waals surface area (Å²) in [5.41, 5.74) is -0.376. The van der Waals surface area contributed by atoms with E-state index in [1.54, 1.807) is 13.8 Å². The lowest BCUT2D eigenvalue weighted by Crippen LogP contribution is -2.45. The number of non-ortho nitro benzene ring substituents is 1. The average molecular weight is 392 g/mol. The highest BCUT2D eigenvalue weighted by molar-refractivity contribution is 5.97. The van der Waals surface area contributed by atoms with E-state index in [-0.39, 0.29) is 12.3 Å². The number of rotatable bonds is 7. The molecular formula is C19H18F2N2O5. The summed E-state index contributed by atoms with van der Waals surface area (Å²) in [7, 11) is 0.